The van der Waals surface area contributed by atoms with Crippen LogP contribution < -0.4 is 0 Å². The quantitative estimate of drug-likeness (QED) is 0.584. The minimum atomic E-state index is 0.428. The first kappa shape index (κ1) is 9.67. The Labute approximate surface area is 64.3 Å². The molecule has 0 aromatic heterocycles. The first-order valence-electron chi connectivity index (χ1n) is 3.96. The molecule has 0 radical (unpaired) electrons. The SMILES string of the molecule is CC(C=N)CCC(C)(C)C. The normalized spacial score (nSPS) is 14.8. The smallest absolute Gasteiger partial charge is 0.00195 e. The second-order valence-corrected chi connectivity index (χ2v) is 4.24. The van der Waals surface area contributed by atoms with E-state index in [-0.39, 0.29) is 0 Å². The van der Waals surface area contributed by atoms with Crippen LogP contribution in [-0.2, 0) is 0 Å². The fourth-order valence-corrected chi connectivity index (χ4v) is 0.744. The molecule has 0 aromatic carbocycles. The minimum absolute atomic E-state index is 0.428. The maximum Gasteiger partial charge on any atom is -0.00195 e. The molecule has 60 valence electrons. The van der Waals surface area contributed by atoms with Crippen molar-refractivity contribution in [2.24, 2.45) is 11.3 Å². The van der Waals surface area contributed by atoms with Gasteiger partial charge in [-0.1, -0.05) is 27.7 Å². The average Bonchev–Trinajstić information content (AvgIpc) is 1.81. The molecule has 0 aromatic rings. The van der Waals surface area contributed by atoms with Crippen molar-refractivity contribution in [3.8, 4) is 0 Å². The predicted molar refractivity (Wildman–Crippen MR) is 46.6 cm³/mol. The van der Waals surface area contributed by atoms with Gasteiger partial charge in [0.2, 0.25) is 0 Å². The summed E-state index contributed by atoms with van der Waals surface area (Å²) in [6.07, 6.45) is 3.89. The predicted octanol–water partition coefficient (Wildman–Crippen LogP) is 3.10. The fraction of sp³-hybridized carbons (Fsp3) is 0.889. The van der Waals surface area contributed by atoms with Crippen LogP contribution in [0.4, 0.5) is 0 Å². The first-order valence-corrected chi connectivity index (χ1v) is 3.96. The van der Waals surface area contributed by atoms with Gasteiger partial charge in [-0.3, -0.25) is 0 Å². The summed E-state index contributed by atoms with van der Waals surface area (Å²) in [7, 11) is 0. The van der Waals surface area contributed by atoms with Crippen molar-refractivity contribution in [2.75, 3.05) is 0 Å². The van der Waals surface area contributed by atoms with Gasteiger partial charge in [-0.25, -0.2) is 0 Å². The highest BCUT2D eigenvalue weighted by atomic mass is 14.3. The summed E-state index contributed by atoms with van der Waals surface area (Å²) >= 11 is 0. The lowest BCUT2D eigenvalue weighted by molar-refractivity contribution is 0.352. The van der Waals surface area contributed by atoms with Gasteiger partial charge in [0.25, 0.3) is 0 Å². The fourth-order valence-electron chi connectivity index (χ4n) is 0.744. The summed E-state index contributed by atoms with van der Waals surface area (Å²) in [5.74, 6) is 0.458. The Kier molecular flexibility index (Phi) is 3.62. The van der Waals surface area contributed by atoms with Crippen LogP contribution in [0.2, 0.25) is 0 Å². The summed E-state index contributed by atoms with van der Waals surface area (Å²) in [5, 5.41) is 6.99. The van der Waals surface area contributed by atoms with E-state index in [0.29, 0.717) is 11.3 Å². The van der Waals surface area contributed by atoms with E-state index < -0.39 is 0 Å². The third-order valence-corrected chi connectivity index (χ3v) is 1.63. The molecule has 0 aliphatic rings. The van der Waals surface area contributed by atoms with Gasteiger partial charge < -0.3 is 5.41 Å². The van der Waals surface area contributed by atoms with Crippen molar-refractivity contribution in [1.29, 1.82) is 5.41 Å². The van der Waals surface area contributed by atoms with Crippen LogP contribution in [0.25, 0.3) is 0 Å². The van der Waals surface area contributed by atoms with Crippen LogP contribution >= 0.6 is 0 Å². The van der Waals surface area contributed by atoms with E-state index in [1.807, 2.05) is 0 Å². The van der Waals surface area contributed by atoms with E-state index >= 15 is 0 Å². The molecule has 0 heterocycles. The molecule has 1 nitrogen and oxygen atoms in total. The summed E-state index contributed by atoms with van der Waals surface area (Å²) < 4.78 is 0. The topological polar surface area (TPSA) is 23.9 Å². The second-order valence-electron chi connectivity index (χ2n) is 4.24. The van der Waals surface area contributed by atoms with Crippen molar-refractivity contribution >= 4 is 6.21 Å². The van der Waals surface area contributed by atoms with Crippen LogP contribution in [0.1, 0.15) is 40.5 Å². The highest BCUT2D eigenvalue weighted by Gasteiger charge is 2.10. The third kappa shape index (κ3) is 5.80. The van der Waals surface area contributed by atoms with Crippen molar-refractivity contribution in [1.82, 2.24) is 0 Å². The zero-order chi connectivity index (χ0) is 8.20. The standard InChI is InChI=1S/C9H19N/c1-8(7-10)5-6-9(2,3)4/h7-8,10H,5-6H2,1-4H3. The van der Waals surface area contributed by atoms with Gasteiger partial charge in [-0.2, -0.15) is 0 Å². The zero-order valence-corrected chi connectivity index (χ0v) is 7.57. The summed E-state index contributed by atoms with van der Waals surface area (Å²) in [4.78, 5) is 0. The lowest BCUT2D eigenvalue weighted by Gasteiger charge is -2.18. The molecular formula is C9H19N. The van der Waals surface area contributed by atoms with Crippen molar-refractivity contribution in [2.45, 2.75) is 40.5 Å². The molecule has 0 saturated carbocycles. The molecule has 1 heteroatoms. The molecule has 1 unspecified atom stereocenters. The van der Waals surface area contributed by atoms with E-state index in [9.17, 15) is 0 Å². The average molecular weight is 141 g/mol. The van der Waals surface area contributed by atoms with Gasteiger partial charge in [0.1, 0.15) is 0 Å². The Hall–Kier alpha value is -0.330. The second kappa shape index (κ2) is 3.75. The molecular weight excluding hydrogens is 122 g/mol. The Morgan fingerprint density at radius 1 is 1.40 bits per heavy atom. The Bertz CT molecular complexity index is 99.8. The molecule has 0 saturated heterocycles. The number of nitrogens with one attached hydrogen (secondary N) is 1. The van der Waals surface area contributed by atoms with Crippen LogP contribution in [0.3, 0.4) is 0 Å². The van der Waals surface area contributed by atoms with Crippen molar-refractivity contribution in [3.05, 3.63) is 0 Å². The Morgan fingerprint density at radius 3 is 2.20 bits per heavy atom. The summed E-state index contributed by atoms with van der Waals surface area (Å²) in [5.41, 5.74) is 0.428. The van der Waals surface area contributed by atoms with Gasteiger partial charge in [-0.05, 0) is 30.4 Å². The Balaban J connectivity index is 3.45. The molecule has 10 heavy (non-hydrogen) atoms. The molecule has 0 spiro atoms. The van der Waals surface area contributed by atoms with Gasteiger partial charge >= 0.3 is 0 Å². The number of hydrogen-bond acceptors (Lipinski definition) is 1. The summed E-state index contributed by atoms with van der Waals surface area (Å²) in [6, 6.07) is 0. The van der Waals surface area contributed by atoms with E-state index in [1.165, 1.54) is 12.6 Å². The highest BCUT2D eigenvalue weighted by molar-refractivity contribution is 5.55. The van der Waals surface area contributed by atoms with E-state index in [4.69, 9.17) is 5.41 Å². The molecule has 0 fully saturated rings. The van der Waals surface area contributed by atoms with Gasteiger partial charge in [0, 0.05) is 0 Å². The minimum Gasteiger partial charge on any atom is -0.313 e. The maximum atomic E-state index is 6.99. The molecule has 1 N–H and O–H groups in total. The molecule has 0 aliphatic carbocycles. The van der Waals surface area contributed by atoms with Crippen molar-refractivity contribution < 1.29 is 0 Å². The van der Waals surface area contributed by atoms with Gasteiger partial charge in [0.05, 0.1) is 0 Å². The van der Waals surface area contributed by atoms with E-state index in [2.05, 4.69) is 27.7 Å². The molecule has 0 bridgehead atoms. The van der Waals surface area contributed by atoms with Gasteiger partial charge in [0.15, 0.2) is 0 Å². The monoisotopic (exact) mass is 141 g/mol. The van der Waals surface area contributed by atoms with Crippen LogP contribution in [-0.4, -0.2) is 6.21 Å². The van der Waals surface area contributed by atoms with Gasteiger partial charge in [-0.15, -0.1) is 0 Å². The lowest BCUT2D eigenvalue weighted by atomic mass is 9.87. The summed E-state index contributed by atoms with van der Waals surface area (Å²) in [6.45, 7) is 8.82. The van der Waals surface area contributed by atoms with Crippen molar-refractivity contribution in [3.63, 3.8) is 0 Å². The number of hydrogen-bond donors (Lipinski definition) is 1. The maximum absolute atomic E-state index is 6.99. The highest BCUT2D eigenvalue weighted by Crippen LogP contribution is 2.22. The third-order valence-electron chi connectivity index (χ3n) is 1.63. The van der Waals surface area contributed by atoms with Crippen LogP contribution in [0, 0.1) is 16.7 Å². The molecule has 0 rings (SSSR count). The van der Waals surface area contributed by atoms with E-state index in [1.54, 1.807) is 0 Å². The molecule has 0 amide bonds. The first-order chi connectivity index (χ1) is 4.45. The number of rotatable bonds is 3. The molecule has 0 aliphatic heterocycles. The van der Waals surface area contributed by atoms with Crippen LogP contribution in [0.15, 0.2) is 0 Å². The van der Waals surface area contributed by atoms with E-state index in [0.717, 1.165) is 6.42 Å². The Morgan fingerprint density at radius 2 is 1.90 bits per heavy atom. The largest absolute Gasteiger partial charge is 0.313 e. The molecule has 1 atom stereocenters. The lowest BCUT2D eigenvalue weighted by Crippen LogP contribution is -2.07. The zero-order valence-electron chi connectivity index (χ0n) is 7.57. The van der Waals surface area contributed by atoms with Crippen LogP contribution in [0.5, 0.6) is 0 Å².